The lowest BCUT2D eigenvalue weighted by Gasteiger charge is -2.08. The second-order valence-electron chi connectivity index (χ2n) is 5.68. The number of halogens is 2. The van der Waals surface area contributed by atoms with Gasteiger partial charge in [0.1, 0.15) is 10.0 Å². The quantitative estimate of drug-likeness (QED) is 0.526. The second-order valence-corrected chi connectivity index (χ2v) is 7.75. The van der Waals surface area contributed by atoms with Crippen molar-refractivity contribution in [3.05, 3.63) is 60.0 Å². The molecule has 0 amide bonds. The van der Waals surface area contributed by atoms with E-state index in [4.69, 9.17) is 11.6 Å². The highest BCUT2D eigenvalue weighted by Crippen LogP contribution is 2.27. The predicted molar refractivity (Wildman–Crippen MR) is 97.8 cm³/mol. The number of aromatic nitrogens is 5. The van der Waals surface area contributed by atoms with Crippen molar-refractivity contribution in [3.8, 4) is 5.69 Å². The number of pyridine rings is 1. The zero-order valence-corrected chi connectivity index (χ0v) is 15.4. The van der Waals surface area contributed by atoms with Gasteiger partial charge in [-0.05, 0) is 18.2 Å². The largest absolute Gasteiger partial charge is 0.277 e. The first-order chi connectivity index (χ1) is 12.8. The molecule has 0 radical (unpaired) electrons. The van der Waals surface area contributed by atoms with Crippen LogP contribution in [-0.4, -0.2) is 33.0 Å². The van der Waals surface area contributed by atoms with E-state index >= 15 is 0 Å². The third-order valence-corrected chi connectivity index (χ3v) is 5.43. The van der Waals surface area contributed by atoms with Crippen molar-refractivity contribution in [2.75, 3.05) is 4.72 Å². The molecule has 0 bridgehead atoms. The summed E-state index contributed by atoms with van der Waals surface area (Å²) >= 11 is 5.85. The maximum Gasteiger partial charge on any atom is 0.265 e. The van der Waals surface area contributed by atoms with E-state index < -0.39 is 16.0 Å². The molecule has 4 aromatic rings. The van der Waals surface area contributed by atoms with Gasteiger partial charge in [-0.15, -0.1) is 5.10 Å². The number of sulfonamides is 1. The summed E-state index contributed by atoms with van der Waals surface area (Å²) in [5, 5.41) is 8.22. The molecule has 0 saturated heterocycles. The zero-order valence-electron chi connectivity index (χ0n) is 13.8. The normalized spacial score (nSPS) is 11.8. The van der Waals surface area contributed by atoms with Crippen LogP contribution in [0.1, 0.15) is 0 Å². The molecule has 11 heteroatoms. The molecule has 138 valence electrons. The van der Waals surface area contributed by atoms with E-state index in [2.05, 4.69) is 19.9 Å². The summed E-state index contributed by atoms with van der Waals surface area (Å²) < 4.78 is 44.4. The monoisotopic (exact) mass is 406 g/mol. The summed E-state index contributed by atoms with van der Waals surface area (Å²) in [5.74, 6) is -0.670. The first kappa shape index (κ1) is 17.4. The smallest absolute Gasteiger partial charge is 0.265 e. The minimum absolute atomic E-state index is 0.0601. The van der Waals surface area contributed by atoms with Crippen molar-refractivity contribution in [1.29, 1.82) is 0 Å². The number of aryl methyl sites for hydroxylation is 1. The van der Waals surface area contributed by atoms with Gasteiger partial charge in [-0.25, -0.2) is 18.1 Å². The Morgan fingerprint density at radius 2 is 2.07 bits per heavy atom. The highest BCUT2D eigenvalue weighted by molar-refractivity contribution is 7.92. The van der Waals surface area contributed by atoms with E-state index in [-0.39, 0.29) is 21.1 Å². The molecule has 3 aromatic heterocycles. The second kappa shape index (κ2) is 6.32. The van der Waals surface area contributed by atoms with E-state index in [0.717, 1.165) is 0 Å². The fourth-order valence-electron chi connectivity index (χ4n) is 2.70. The van der Waals surface area contributed by atoms with Crippen molar-refractivity contribution in [1.82, 2.24) is 24.5 Å². The standard InChI is InChI=1S/C16H12ClFN6O2S/c1-23-15-12(16(18)21-23)3-2-4-13(15)22-27(25,26)11-8-20-24(9-11)10-5-6-19-14(17)7-10/h2-9,22H,1H3. The number of hydrogen-bond acceptors (Lipinski definition) is 5. The average Bonchev–Trinajstić information content (AvgIpc) is 3.22. The van der Waals surface area contributed by atoms with Crippen LogP contribution >= 0.6 is 11.6 Å². The Balaban J connectivity index is 1.71. The number of rotatable bonds is 4. The van der Waals surface area contributed by atoms with Crippen LogP contribution in [0, 0.1) is 5.95 Å². The van der Waals surface area contributed by atoms with Gasteiger partial charge >= 0.3 is 0 Å². The van der Waals surface area contributed by atoms with Crippen molar-refractivity contribution in [2.45, 2.75) is 4.90 Å². The van der Waals surface area contributed by atoms with Crippen LogP contribution in [0.15, 0.2) is 53.8 Å². The lowest BCUT2D eigenvalue weighted by molar-refractivity contribution is 0.562. The maximum atomic E-state index is 13.8. The minimum Gasteiger partial charge on any atom is -0.277 e. The molecule has 0 spiro atoms. The fourth-order valence-corrected chi connectivity index (χ4v) is 3.87. The number of benzene rings is 1. The topological polar surface area (TPSA) is 94.7 Å². The molecule has 0 atom stereocenters. The predicted octanol–water partition coefficient (Wildman–Crippen LogP) is 2.75. The molecule has 0 unspecified atom stereocenters. The number of fused-ring (bicyclic) bond motifs is 1. The number of para-hydroxylation sites is 1. The number of nitrogens with zero attached hydrogens (tertiary/aromatic N) is 5. The van der Waals surface area contributed by atoms with Gasteiger partial charge in [0.25, 0.3) is 10.0 Å². The van der Waals surface area contributed by atoms with Crippen LogP contribution in [0.3, 0.4) is 0 Å². The molecule has 0 aliphatic rings. The zero-order chi connectivity index (χ0) is 19.2. The summed E-state index contributed by atoms with van der Waals surface area (Å²) in [6.07, 6.45) is 4.04. The summed E-state index contributed by atoms with van der Waals surface area (Å²) in [6.45, 7) is 0. The molecule has 1 aromatic carbocycles. The highest BCUT2D eigenvalue weighted by atomic mass is 35.5. The van der Waals surface area contributed by atoms with Crippen molar-refractivity contribution in [2.24, 2.45) is 7.05 Å². The summed E-state index contributed by atoms with van der Waals surface area (Å²) in [5.41, 5.74) is 1.12. The van der Waals surface area contributed by atoms with Gasteiger partial charge in [-0.3, -0.25) is 9.40 Å². The highest BCUT2D eigenvalue weighted by Gasteiger charge is 2.20. The molecule has 0 saturated carbocycles. The van der Waals surface area contributed by atoms with Gasteiger partial charge in [0, 0.05) is 19.3 Å². The lowest BCUT2D eigenvalue weighted by Crippen LogP contribution is -2.13. The molecule has 8 nitrogen and oxygen atoms in total. The van der Waals surface area contributed by atoms with Crippen molar-refractivity contribution >= 4 is 38.2 Å². The lowest BCUT2D eigenvalue weighted by atomic mass is 10.2. The Morgan fingerprint density at radius 1 is 1.26 bits per heavy atom. The van der Waals surface area contributed by atoms with Crippen LogP contribution in [0.4, 0.5) is 10.1 Å². The number of anilines is 1. The van der Waals surface area contributed by atoms with E-state index in [9.17, 15) is 12.8 Å². The maximum absolute atomic E-state index is 13.8. The van der Waals surface area contributed by atoms with E-state index in [1.165, 1.54) is 47.1 Å². The van der Waals surface area contributed by atoms with Gasteiger partial charge in [0.2, 0.25) is 5.95 Å². The molecule has 3 heterocycles. The van der Waals surface area contributed by atoms with Gasteiger partial charge < -0.3 is 0 Å². The Bertz CT molecular complexity index is 1270. The van der Waals surface area contributed by atoms with E-state index in [1.807, 2.05) is 0 Å². The Morgan fingerprint density at radius 3 is 2.85 bits per heavy atom. The van der Waals surface area contributed by atoms with Crippen molar-refractivity contribution < 1.29 is 12.8 Å². The Labute approximate surface area is 158 Å². The number of hydrogen-bond donors (Lipinski definition) is 1. The molecular weight excluding hydrogens is 395 g/mol. The summed E-state index contributed by atoms with van der Waals surface area (Å²) in [6, 6.07) is 7.81. The SMILES string of the molecule is Cn1nc(F)c2cccc(NS(=O)(=O)c3cnn(-c4ccnc(Cl)c4)c3)c21. The molecule has 0 aliphatic carbocycles. The van der Waals surface area contributed by atoms with Crippen LogP contribution in [-0.2, 0) is 17.1 Å². The fraction of sp³-hybridized carbons (Fsp3) is 0.0625. The average molecular weight is 407 g/mol. The first-order valence-electron chi connectivity index (χ1n) is 7.66. The van der Waals surface area contributed by atoms with Gasteiger partial charge in [0.05, 0.1) is 34.7 Å². The van der Waals surface area contributed by atoms with Gasteiger partial charge in [-0.2, -0.15) is 9.49 Å². The van der Waals surface area contributed by atoms with E-state index in [1.54, 1.807) is 18.2 Å². The first-order valence-corrected chi connectivity index (χ1v) is 9.52. The third-order valence-electron chi connectivity index (χ3n) is 3.91. The molecular formula is C16H12ClFN6O2S. The Kier molecular flexibility index (Phi) is 4.08. The van der Waals surface area contributed by atoms with Crippen LogP contribution in [0.2, 0.25) is 5.15 Å². The third kappa shape index (κ3) is 3.13. The molecule has 1 N–H and O–H groups in total. The minimum atomic E-state index is -3.96. The molecule has 0 fully saturated rings. The molecule has 4 rings (SSSR count). The Hall–Kier alpha value is -2.98. The summed E-state index contributed by atoms with van der Waals surface area (Å²) in [7, 11) is -2.42. The van der Waals surface area contributed by atoms with Crippen LogP contribution < -0.4 is 4.72 Å². The number of nitrogens with one attached hydrogen (secondary N) is 1. The molecule has 0 aliphatic heterocycles. The van der Waals surface area contributed by atoms with Crippen LogP contribution in [0.5, 0.6) is 0 Å². The van der Waals surface area contributed by atoms with Crippen molar-refractivity contribution in [3.63, 3.8) is 0 Å². The van der Waals surface area contributed by atoms with E-state index in [0.29, 0.717) is 11.2 Å². The van der Waals surface area contributed by atoms with Gasteiger partial charge in [0.15, 0.2) is 0 Å². The molecule has 27 heavy (non-hydrogen) atoms. The summed E-state index contributed by atoms with van der Waals surface area (Å²) in [4.78, 5) is 3.81. The van der Waals surface area contributed by atoms with Gasteiger partial charge in [-0.1, -0.05) is 17.7 Å². The van der Waals surface area contributed by atoms with Crippen LogP contribution in [0.25, 0.3) is 16.6 Å².